The van der Waals surface area contributed by atoms with E-state index in [4.69, 9.17) is 9.15 Å². The Bertz CT molecular complexity index is 1880. The van der Waals surface area contributed by atoms with Crippen molar-refractivity contribution in [2.24, 2.45) is 0 Å². The van der Waals surface area contributed by atoms with E-state index in [1.807, 2.05) is 49.4 Å². The highest BCUT2D eigenvalue weighted by atomic mass is 16.5. The molecule has 5 aromatic carbocycles. The number of hydrogen-bond donors (Lipinski definition) is 2. The van der Waals surface area contributed by atoms with Crippen LogP contribution in [-0.4, -0.2) is 12.1 Å². The average Bonchev–Trinajstić information content (AvgIpc) is 2.89. The van der Waals surface area contributed by atoms with Crippen molar-refractivity contribution in [1.29, 1.82) is 0 Å². The Morgan fingerprint density at radius 3 is 2.29 bits per heavy atom. The molecule has 0 aliphatic heterocycles. The van der Waals surface area contributed by atoms with Gasteiger partial charge in [-0.1, -0.05) is 42.5 Å². The van der Waals surface area contributed by atoms with Gasteiger partial charge in [-0.3, -0.25) is 9.59 Å². The maximum Gasteiger partial charge on any atom is 0.196 e. The predicted octanol–water partition coefficient (Wildman–Crippen LogP) is 5.87. The molecule has 0 bridgehead atoms. The summed E-state index contributed by atoms with van der Waals surface area (Å²) >= 11 is 0. The minimum atomic E-state index is -0.203. The first kappa shape index (κ1) is 21.0. The molecule has 0 aliphatic rings. The first-order valence-electron chi connectivity index (χ1n) is 11.4. The number of aromatic nitrogens is 1. The highest BCUT2D eigenvalue weighted by molar-refractivity contribution is 6.14. The van der Waals surface area contributed by atoms with Crippen LogP contribution in [0.2, 0.25) is 0 Å². The third kappa shape index (κ3) is 3.42. The van der Waals surface area contributed by atoms with Crippen molar-refractivity contribution in [2.45, 2.75) is 13.5 Å². The van der Waals surface area contributed by atoms with Crippen LogP contribution in [0.4, 0.5) is 5.69 Å². The normalized spacial score (nSPS) is 11.5. The van der Waals surface area contributed by atoms with Gasteiger partial charge in [0, 0.05) is 23.4 Å². The summed E-state index contributed by atoms with van der Waals surface area (Å²) in [6, 6.07) is 22.3. The summed E-state index contributed by atoms with van der Waals surface area (Å²) in [7, 11) is 1.63. The fourth-order valence-corrected chi connectivity index (χ4v) is 4.62. The van der Waals surface area contributed by atoms with E-state index >= 15 is 0 Å². The van der Waals surface area contributed by atoms with Gasteiger partial charge < -0.3 is 19.5 Å². The molecule has 0 radical (unpaired) electrons. The van der Waals surface area contributed by atoms with Gasteiger partial charge in [-0.05, 0) is 42.3 Å². The number of nitrogens with one attached hydrogen (secondary N) is 2. The molecule has 1 aromatic heterocycles. The van der Waals surface area contributed by atoms with Crippen LogP contribution < -0.4 is 20.9 Å². The number of anilines is 1. The Kier molecular flexibility index (Phi) is 4.81. The van der Waals surface area contributed by atoms with Gasteiger partial charge in [-0.25, -0.2) is 0 Å². The molecule has 6 aromatic rings. The van der Waals surface area contributed by atoms with E-state index in [1.54, 1.807) is 37.4 Å². The van der Waals surface area contributed by atoms with E-state index in [2.05, 4.69) is 10.3 Å². The summed E-state index contributed by atoms with van der Waals surface area (Å²) in [6.07, 6.45) is 0. The molecule has 0 fully saturated rings. The molecule has 0 spiro atoms. The number of benzene rings is 5. The molecule has 0 amide bonds. The van der Waals surface area contributed by atoms with E-state index in [0.29, 0.717) is 50.5 Å². The van der Waals surface area contributed by atoms with Crippen LogP contribution in [0.5, 0.6) is 5.75 Å². The molecule has 0 saturated heterocycles. The summed E-state index contributed by atoms with van der Waals surface area (Å²) in [4.78, 5) is 30.7. The van der Waals surface area contributed by atoms with E-state index in [9.17, 15) is 9.59 Å². The van der Waals surface area contributed by atoms with Crippen LogP contribution in [0.3, 0.4) is 0 Å². The average molecular weight is 463 g/mol. The van der Waals surface area contributed by atoms with Crippen LogP contribution in [0.25, 0.3) is 43.7 Å². The summed E-state index contributed by atoms with van der Waals surface area (Å²) in [5.41, 5.74) is 4.67. The summed E-state index contributed by atoms with van der Waals surface area (Å²) in [6.45, 7) is 2.45. The van der Waals surface area contributed by atoms with Crippen molar-refractivity contribution in [3.8, 4) is 5.75 Å². The Morgan fingerprint density at radius 2 is 1.57 bits per heavy atom. The topological polar surface area (TPSA) is 84.3 Å². The number of fused-ring (bicyclic) bond motifs is 5. The minimum absolute atomic E-state index is 0.188. The summed E-state index contributed by atoms with van der Waals surface area (Å²) in [5, 5.41) is 4.86. The Hall–Kier alpha value is -4.58. The highest BCUT2D eigenvalue weighted by Crippen LogP contribution is 2.31. The lowest BCUT2D eigenvalue weighted by Gasteiger charge is -2.13. The summed E-state index contributed by atoms with van der Waals surface area (Å²) in [5.74, 6) is 0.769. The number of aryl methyl sites for hydroxylation is 1. The Balaban J connectivity index is 1.65. The van der Waals surface area contributed by atoms with Crippen molar-refractivity contribution in [3.63, 3.8) is 0 Å². The highest BCUT2D eigenvalue weighted by Gasteiger charge is 2.19. The second-order valence-corrected chi connectivity index (χ2v) is 8.68. The van der Waals surface area contributed by atoms with Gasteiger partial charge in [0.15, 0.2) is 22.0 Å². The monoisotopic (exact) mass is 462 g/mol. The molecule has 0 aliphatic carbocycles. The van der Waals surface area contributed by atoms with Crippen molar-refractivity contribution in [1.82, 2.24) is 4.98 Å². The Labute approximate surface area is 199 Å². The maximum atomic E-state index is 13.7. The van der Waals surface area contributed by atoms with Gasteiger partial charge in [0.1, 0.15) is 5.75 Å². The zero-order chi connectivity index (χ0) is 24.1. The third-order valence-corrected chi connectivity index (χ3v) is 6.42. The Morgan fingerprint density at radius 1 is 0.857 bits per heavy atom. The van der Waals surface area contributed by atoms with Crippen LogP contribution in [0, 0.1) is 6.92 Å². The summed E-state index contributed by atoms with van der Waals surface area (Å²) < 4.78 is 11.5. The largest absolute Gasteiger partial charge is 0.497 e. The fraction of sp³-hybridized carbons (Fsp3) is 0.103. The van der Waals surface area contributed by atoms with Gasteiger partial charge in [0.25, 0.3) is 0 Å². The first-order chi connectivity index (χ1) is 17.0. The lowest BCUT2D eigenvalue weighted by molar-refractivity contribution is 0.414. The molecule has 6 heteroatoms. The second kappa shape index (κ2) is 8.02. The number of ether oxygens (including phenoxy) is 1. The van der Waals surface area contributed by atoms with Gasteiger partial charge in [-0.2, -0.15) is 0 Å². The number of aromatic amines is 1. The molecule has 35 heavy (non-hydrogen) atoms. The quantitative estimate of drug-likeness (QED) is 0.253. The van der Waals surface area contributed by atoms with Gasteiger partial charge in [-0.15, -0.1) is 0 Å². The number of rotatable bonds is 4. The second-order valence-electron chi connectivity index (χ2n) is 8.68. The zero-order valence-electron chi connectivity index (χ0n) is 19.3. The predicted molar refractivity (Wildman–Crippen MR) is 141 cm³/mol. The zero-order valence-corrected chi connectivity index (χ0v) is 19.3. The van der Waals surface area contributed by atoms with E-state index in [0.717, 1.165) is 22.4 Å². The van der Waals surface area contributed by atoms with Crippen LogP contribution in [0.15, 0.2) is 86.8 Å². The number of H-pyrrole nitrogens is 1. The lowest BCUT2D eigenvalue weighted by Crippen LogP contribution is -2.16. The van der Waals surface area contributed by atoms with Crippen molar-refractivity contribution >= 4 is 49.4 Å². The minimum Gasteiger partial charge on any atom is -0.497 e. The van der Waals surface area contributed by atoms with Gasteiger partial charge in [0.2, 0.25) is 0 Å². The molecular formula is C29H22N2O4. The van der Waals surface area contributed by atoms with E-state index in [-0.39, 0.29) is 10.9 Å². The molecule has 172 valence electrons. The number of hydrogen-bond acceptors (Lipinski definition) is 5. The van der Waals surface area contributed by atoms with E-state index < -0.39 is 0 Å². The van der Waals surface area contributed by atoms with Crippen molar-refractivity contribution in [3.05, 3.63) is 104 Å². The maximum absolute atomic E-state index is 13.7. The van der Waals surface area contributed by atoms with E-state index in [1.165, 1.54) is 0 Å². The smallest absolute Gasteiger partial charge is 0.196 e. The van der Waals surface area contributed by atoms with Crippen LogP contribution in [-0.2, 0) is 6.54 Å². The molecule has 6 nitrogen and oxygen atoms in total. The lowest BCUT2D eigenvalue weighted by atomic mass is 9.99. The SMILES string of the molecule is COc1ccc(CNc2cc3oc4cc(C)ccc4[nH]c3c3c(=O)c4ccccc4c(=O)c23)cc1. The molecule has 6 rings (SSSR count). The van der Waals surface area contributed by atoms with Gasteiger partial charge >= 0.3 is 0 Å². The fourth-order valence-electron chi connectivity index (χ4n) is 4.62. The van der Waals surface area contributed by atoms with Crippen LogP contribution in [0.1, 0.15) is 11.1 Å². The number of methoxy groups -OCH3 is 1. The van der Waals surface area contributed by atoms with Crippen molar-refractivity contribution in [2.75, 3.05) is 12.4 Å². The molecular weight excluding hydrogens is 440 g/mol. The van der Waals surface area contributed by atoms with Crippen molar-refractivity contribution < 1.29 is 9.15 Å². The molecule has 0 saturated carbocycles. The van der Waals surface area contributed by atoms with Crippen LogP contribution >= 0.6 is 0 Å². The molecule has 2 N–H and O–H groups in total. The molecule has 0 unspecified atom stereocenters. The third-order valence-electron chi connectivity index (χ3n) is 6.42. The molecule has 0 atom stereocenters. The van der Waals surface area contributed by atoms with Gasteiger partial charge in [0.05, 0.1) is 34.6 Å². The first-order valence-corrected chi connectivity index (χ1v) is 11.4. The standard InChI is InChI=1S/C29H22N2O4/c1-16-7-12-21-23(13-16)35-24-14-22(30-15-17-8-10-18(34-2)11-9-17)25-26(27(24)31-21)29(33)20-6-4-3-5-19(20)28(25)32/h3-14,30-31H,15H2,1-2H3. The molecule has 1 heterocycles.